The maximum absolute atomic E-state index is 12.8. The SMILES string of the molecule is NC(=O)CC(NC(=O)C(CCC(=O)O)NC(=O)C(N)Cc1c[nH]c2ccccc12)C(=O)NCC(=O)O. The topological polar surface area (TPSA) is 247 Å². The Morgan fingerprint density at radius 3 is 2.22 bits per heavy atom. The van der Waals surface area contributed by atoms with Crippen molar-refractivity contribution in [3.8, 4) is 0 Å². The largest absolute Gasteiger partial charge is 0.481 e. The number of nitrogens with two attached hydrogens (primary N) is 2. The van der Waals surface area contributed by atoms with Gasteiger partial charge in [0.2, 0.25) is 23.6 Å². The molecule has 3 unspecified atom stereocenters. The molecule has 194 valence electrons. The van der Waals surface area contributed by atoms with Gasteiger partial charge in [-0.3, -0.25) is 28.8 Å². The normalized spacial score (nSPS) is 13.2. The molecule has 0 aliphatic carbocycles. The quantitative estimate of drug-likeness (QED) is 0.141. The van der Waals surface area contributed by atoms with Crippen molar-refractivity contribution in [2.75, 3.05) is 6.54 Å². The Balaban J connectivity index is 2.11. The summed E-state index contributed by atoms with van der Waals surface area (Å²) in [5.41, 5.74) is 12.7. The number of carbonyl (C=O) groups excluding carboxylic acids is 4. The predicted octanol–water partition coefficient (Wildman–Crippen LogP) is -2.05. The van der Waals surface area contributed by atoms with E-state index in [9.17, 15) is 28.8 Å². The number of primary amides is 1. The molecule has 1 heterocycles. The first-order valence-corrected chi connectivity index (χ1v) is 10.9. The summed E-state index contributed by atoms with van der Waals surface area (Å²) in [5.74, 6) is -6.27. The maximum atomic E-state index is 12.8. The van der Waals surface area contributed by atoms with Gasteiger partial charge in [-0.2, -0.15) is 0 Å². The van der Waals surface area contributed by atoms with Crippen molar-refractivity contribution in [3.05, 3.63) is 36.0 Å². The molecule has 14 heteroatoms. The lowest BCUT2D eigenvalue weighted by molar-refractivity contribution is -0.139. The van der Waals surface area contributed by atoms with E-state index in [2.05, 4.69) is 15.6 Å². The number of carboxylic acids is 2. The fraction of sp³-hybridized carbons (Fsp3) is 0.364. The Hall–Kier alpha value is -4.46. The van der Waals surface area contributed by atoms with Gasteiger partial charge < -0.3 is 42.6 Å². The summed E-state index contributed by atoms with van der Waals surface area (Å²) in [4.78, 5) is 73.9. The number of para-hydroxylation sites is 1. The van der Waals surface area contributed by atoms with Crippen molar-refractivity contribution in [2.24, 2.45) is 11.5 Å². The summed E-state index contributed by atoms with van der Waals surface area (Å²) < 4.78 is 0. The van der Waals surface area contributed by atoms with Gasteiger partial charge in [-0.25, -0.2) is 0 Å². The summed E-state index contributed by atoms with van der Waals surface area (Å²) in [5, 5.41) is 25.2. The summed E-state index contributed by atoms with van der Waals surface area (Å²) >= 11 is 0. The molecule has 1 aromatic carbocycles. The predicted molar refractivity (Wildman–Crippen MR) is 125 cm³/mol. The van der Waals surface area contributed by atoms with Gasteiger partial charge in [0, 0.05) is 23.5 Å². The Bertz CT molecular complexity index is 1150. The second-order valence-electron chi connectivity index (χ2n) is 8.01. The molecule has 0 radical (unpaired) electrons. The Labute approximate surface area is 204 Å². The third kappa shape index (κ3) is 8.39. The van der Waals surface area contributed by atoms with E-state index >= 15 is 0 Å². The van der Waals surface area contributed by atoms with Crippen molar-refractivity contribution in [2.45, 2.75) is 43.8 Å². The van der Waals surface area contributed by atoms with Crippen LogP contribution in [-0.2, 0) is 35.2 Å². The molecule has 0 bridgehead atoms. The minimum atomic E-state index is -1.54. The second kappa shape index (κ2) is 12.9. The number of benzene rings is 1. The molecule has 4 amide bonds. The number of nitrogens with one attached hydrogen (secondary N) is 4. The molecular formula is C22H28N6O8. The molecule has 3 atom stereocenters. The fourth-order valence-electron chi connectivity index (χ4n) is 3.41. The Morgan fingerprint density at radius 2 is 1.58 bits per heavy atom. The summed E-state index contributed by atoms with van der Waals surface area (Å²) in [6.45, 7) is -0.772. The number of hydrogen-bond donors (Lipinski definition) is 8. The second-order valence-corrected chi connectivity index (χ2v) is 8.01. The van der Waals surface area contributed by atoms with Crippen LogP contribution in [0.4, 0.5) is 0 Å². The average molecular weight is 505 g/mol. The molecule has 36 heavy (non-hydrogen) atoms. The maximum Gasteiger partial charge on any atom is 0.322 e. The van der Waals surface area contributed by atoms with E-state index in [0.29, 0.717) is 0 Å². The van der Waals surface area contributed by atoms with Crippen LogP contribution >= 0.6 is 0 Å². The molecule has 2 aromatic rings. The van der Waals surface area contributed by atoms with Crippen molar-refractivity contribution < 1.29 is 39.0 Å². The number of aromatic nitrogens is 1. The van der Waals surface area contributed by atoms with Gasteiger partial charge in [-0.1, -0.05) is 18.2 Å². The molecule has 2 rings (SSSR count). The number of carbonyl (C=O) groups is 6. The lowest BCUT2D eigenvalue weighted by atomic mass is 10.0. The lowest BCUT2D eigenvalue weighted by Crippen LogP contribution is -2.57. The van der Waals surface area contributed by atoms with E-state index in [1.54, 1.807) is 6.20 Å². The van der Waals surface area contributed by atoms with Gasteiger partial charge in [0.1, 0.15) is 18.6 Å². The number of fused-ring (bicyclic) bond motifs is 1. The number of H-pyrrole nitrogens is 1. The number of carboxylic acid groups (broad SMARTS) is 2. The fourth-order valence-corrected chi connectivity index (χ4v) is 3.41. The van der Waals surface area contributed by atoms with E-state index in [4.69, 9.17) is 21.7 Å². The van der Waals surface area contributed by atoms with E-state index in [0.717, 1.165) is 16.5 Å². The minimum absolute atomic E-state index is 0.116. The van der Waals surface area contributed by atoms with Gasteiger partial charge in [-0.05, 0) is 24.5 Å². The zero-order chi connectivity index (χ0) is 26.8. The number of aromatic amines is 1. The molecular weight excluding hydrogens is 476 g/mol. The highest BCUT2D eigenvalue weighted by Crippen LogP contribution is 2.18. The first kappa shape index (κ1) is 27.8. The number of hydrogen-bond acceptors (Lipinski definition) is 7. The first-order chi connectivity index (χ1) is 17.0. The van der Waals surface area contributed by atoms with E-state index < -0.39 is 73.1 Å². The number of aliphatic carboxylic acids is 2. The highest BCUT2D eigenvalue weighted by molar-refractivity contribution is 5.96. The van der Waals surface area contributed by atoms with Crippen LogP contribution in [0.25, 0.3) is 10.9 Å². The average Bonchev–Trinajstić information content (AvgIpc) is 3.21. The molecule has 0 saturated heterocycles. The third-order valence-corrected chi connectivity index (χ3v) is 5.18. The number of rotatable bonds is 14. The molecule has 0 aliphatic rings. The van der Waals surface area contributed by atoms with E-state index in [-0.39, 0.29) is 12.8 Å². The van der Waals surface area contributed by atoms with Crippen LogP contribution in [-0.4, -0.2) is 75.4 Å². The van der Waals surface area contributed by atoms with E-state index in [1.807, 2.05) is 29.6 Å². The third-order valence-electron chi connectivity index (χ3n) is 5.18. The summed E-state index contributed by atoms with van der Waals surface area (Å²) in [6, 6.07) is 3.32. The van der Waals surface area contributed by atoms with E-state index in [1.165, 1.54) is 0 Å². The van der Waals surface area contributed by atoms with Gasteiger partial charge in [0.15, 0.2) is 0 Å². The van der Waals surface area contributed by atoms with Crippen molar-refractivity contribution in [1.82, 2.24) is 20.9 Å². The van der Waals surface area contributed by atoms with Crippen LogP contribution in [0, 0.1) is 0 Å². The molecule has 10 N–H and O–H groups in total. The van der Waals surface area contributed by atoms with Crippen LogP contribution in [0.15, 0.2) is 30.5 Å². The minimum Gasteiger partial charge on any atom is -0.481 e. The molecule has 14 nitrogen and oxygen atoms in total. The Kier molecular flexibility index (Phi) is 9.92. The summed E-state index contributed by atoms with van der Waals surface area (Å²) in [6.07, 6.45) is 0.326. The van der Waals surface area contributed by atoms with Crippen LogP contribution in [0.1, 0.15) is 24.8 Å². The zero-order valence-electron chi connectivity index (χ0n) is 19.2. The van der Waals surface area contributed by atoms with Gasteiger partial charge in [0.25, 0.3) is 0 Å². The first-order valence-electron chi connectivity index (χ1n) is 10.9. The monoisotopic (exact) mass is 504 g/mol. The van der Waals surface area contributed by atoms with Crippen molar-refractivity contribution in [3.63, 3.8) is 0 Å². The standard InChI is InChI=1S/C22H28N6O8/c23-13(7-11-9-25-14-4-2-1-3-12(11)14)20(34)27-15(5-6-18(30)31)22(36)28-16(8-17(24)29)21(35)26-10-19(32)33/h1-4,9,13,15-16,25H,5-8,10,23H2,(H2,24,29)(H,26,35)(H,27,34)(H,28,36)(H,30,31)(H,32,33). The highest BCUT2D eigenvalue weighted by atomic mass is 16.4. The zero-order valence-corrected chi connectivity index (χ0v) is 19.2. The molecule has 0 fully saturated rings. The smallest absolute Gasteiger partial charge is 0.322 e. The Morgan fingerprint density at radius 1 is 0.917 bits per heavy atom. The van der Waals surface area contributed by atoms with Crippen molar-refractivity contribution in [1.29, 1.82) is 0 Å². The van der Waals surface area contributed by atoms with Gasteiger partial charge in [0.05, 0.1) is 12.5 Å². The molecule has 1 aromatic heterocycles. The molecule has 0 aliphatic heterocycles. The summed E-state index contributed by atoms with van der Waals surface area (Å²) in [7, 11) is 0. The van der Waals surface area contributed by atoms with Gasteiger partial charge in [-0.15, -0.1) is 0 Å². The lowest BCUT2D eigenvalue weighted by Gasteiger charge is -2.23. The van der Waals surface area contributed by atoms with Crippen LogP contribution < -0.4 is 27.4 Å². The van der Waals surface area contributed by atoms with Crippen LogP contribution in [0.2, 0.25) is 0 Å². The highest BCUT2D eigenvalue weighted by Gasteiger charge is 2.29. The van der Waals surface area contributed by atoms with Gasteiger partial charge >= 0.3 is 11.9 Å². The molecule has 0 spiro atoms. The molecule has 0 saturated carbocycles. The van der Waals surface area contributed by atoms with Crippen LogP contribution in [0.5, 0.6) is 0 Å². The number of amides is 4. The van der Waals surface area contributed by atoms with Crippen LogP contribution in [0.3, 0.4) is 0 Å². The van der Waals surface area contributed by atoms with Crippen molar-refractivity contribution >= 4 is 46.5 Å².